The summed E-state index contributed by atoms with van der Waals surface area (Å²) in [5.74, 6) is 0. The maximum absolute atomic E-state index is 3.54. The monoisotopic (exact) mass is 170 g/mol. The topological polar surface area (TPSA) is 15.3 Å². The molecular formula is C10H22N2. The number of piperidine rings is 1. The molecule has 0 aromatic rings. The Morgan fingerprint density at radius 3 is 2.08 bits per heavy atom. The van der Waals surface area contributed by atoms with Gasteiger partial charge >= 0.3 is 0 Å². The molecule has 1 fully saturated rings. The molecule has 0 bridgehead atoms. The molecule has 2 heteroatoms. The Bertz CT molecular complexity index is 117. The molecule has 1 unspecified atom stereocenters. The van der Waals surface area contributed by atoms with Crippen LogP contribution in [0.5, 0.6) is 0 Å². The number of nitrogens with one attached hydrogen (secondary N) is 1. The van der Waals surface area contributed by atoms with Gasteiger partial charge in [0, 0.05) is 6.04 Å². The van der Waals surface area contributed by atoms with Crippen LogP contribution in [0.25, 0.3) is 0 Å². The Hall–Kier alpha value is -0.0800. The van der Waals surface area contributed by atoms with Crippen LogP contribution in [0.4, 0.5) is 0 Å². The Morgan fingerprint density at radius 2 is 1.58 bits per heavy atom. The minimum Gasteiger partial charge on any atom is -0.300 e. The van der Waals surface area contributed by atoms with Crippen LogP contribution in [0.15, 0.2) is 0 Å². The molecule has 0 aliphatic carbocycles. The highest BCUT2D eigenvalue weighted by Crippen LogP contribution is 2.10. The fourth-order valence-electron chi connectivity index (χ4n) is 1.89. The molecule has 1 rings (SSSR count). The van der Waals surface area contributed by atoms with E-state index in [1.54, 1.807) is 0 Å². The molecule has 0 aromatic carbocycles. The van der Waals surface area contributed by atoms with Gasteiger partial charge in [0.1, 0.15) is 0 Å². The molecule has 0 saturated carbocycles. The summed E-state index contributed by atoms with van der Waals surface area (Å²) < 4.78 is 0. The van der Waals surface area contributed by atoms with Crippen molar-refractivity contribution in [1.82, 2.24) is 10.2 Å². The van der Waals surface area contributed by atoms with E-state index >= 15 is 0 Å². The summed E-state index contributed by atoms with van der Waals surface area (Å²) in [6.45, 7) is 9.24. The van der Waals surface area contributed by atoms with Gasteiger partial charge in [-0.05, 0) is 46.7 Å². The van der Waals surface area contributed by atoms with Gasteiger partial charge in [0.05, 0.1) is 6.17 Å². The molecule has 12 heavy (non-hydrogen) atoms. The van der Waals surface area contributed by atoms with E-state index in [0.29, 0.717) is 12.2 Å². The summed E-state index contributed by atoms with van der Waals surface area (Å²) in [6, 6.07) is 0.599. The van der Waals surface area contributed by atoms with Crippen molar-refractivity contribution in [3.05, 3.63) is 0 Å². The van der Waals surface area contributed by atoms with Gasteiger partial charge in [-0.1, -0.05) is 6.42 Å². The van der Waals surface area contributed by atoms with E-state index in [1.807, 2.05) is 0 Å². The molecule has 1 heterocycles. The highest BCUT2D eigenvalue weighted by Gasteiger charge is 2.16. The second-order valence-electron chi connectivity index (χ2n) is 4.09. The first-order valence-electron chi connectivity index (χ1n) is 5.20. The zero-order valence-corrected chi connectivity index (χ0v) is 8.64. The number of likely N-dealkylation sites (tertiary alicyclic amines) is 1. The minimum absolute atomic E-state index is 0.560. The first kappa shape index (κ1) is 10.0. The quantitative estimate of drug-likeness (QED) is 0.695. The Labute approximate surface area is 76.3 Å². The van der Waals surface area contributed by atoms with Gasteiger partial charge in [-0.3, -0.25) is 10.2 Å². The summed E-state index contributed by atoms with van der Waals surface area (Å²) in [7, 11) is 0. The van der Waals surface area contributed by atoms with Crippen molar-refractivity contribution in [2.24, 2.45) is 0 Å². The molecule has 72 valence electrons. The van der Waals surface area contributed by atoms with Crippen LogP contribution in [0.2, 0.25) is 0 Å². The predicted molar refractivity (Wildman–Crippen MR) is 53.2 cm³/mol. The van der Waals surface area contributed by atoms with Crippen LogP contribution >= 0.6 is 0 Å². The molecule has 1 saturated heterocycles. The van der Waals surface area contributed by atoms with Gasteiger partial charge in [-0.15, -0.1) is 0 Å². The molecule has 2 nitrogen and oxygen atoms in total. The Balaban J connectivity index is 2.24. The van der Waals surface area contributed by atoms with Crippen LogP contribution in [0.1, 0.15) is 40.0 Å². The summed E-state index contributed by atoms with van der Waals surface area (Å²) in [4.78, 5) is 2.55. The van der Waals surface area contributed by atoms with Crippen molar-refractivity contribution in [1.29, 1.82) is 0 Å². The average molecular weight is 170 g/mol. The van der Waals surface area contributed by atoms with Crippen molar-refractivity contribution >= 4 is 0 Å². The Kier molecular flexibility index (Phi) is 4.02. The third-order valence-electron chi connectivity index (χ3n) is 2.51. The zero-order chi connectivity index (χ0) is 8.97. The van der Waals surface area contributed by atoms with E-state index in [9.17, 15) is 0 Å². The summed E-state index contributed by atoms with van der Waals surface area (Å²) in [5.41, 5.74) is 0. The van der Waals surface area contributed by atoms with E-state index in [2.05, 4.69) is 31.0 Å². The molecule has 0 radical (unpaired) electrons. The molecule has 0 aromatic heterocycles. The molecule has 1 atom stereocenters. The van der Waals surface area contributed by atoms with Crippen molar-refractivity contribution in [3.63, 3.8) is 0 Å². The summed E-state index contributed by atoms with van der Waals surface area (Å²) in [5, 5.41) is 3.54. The zero-order valence-electron chi connectivity index (χ0n) is 8.64. The molecular weight excluding hydrogens is 148 g/mol. The third kappa shape index (κ3) is 3.11. The molecule has 1 aliphatic rings. The van der Waals surface area contributed by atoms with Crippen LogP contribution in [0.3, 0.4) is 0 Å². The van der Waals surface area contributed by atoms with Gasteiger partial charge in [-0.2, -0.15) is 0 Å². The fraction of sp³-hybridized carbons (Fsp3) is 1.00. The lowest BCUT2D eigenvalue weighted by atomic mass is 10.1. The summed E-state index contributed by atoms with van der Waals surface area (Å²) in [6.07, 6.45) is 4.74. The lowest BCUT2D eigenvalue weighted by molar-refractivity contribution is 0.142. The van der Waals surface area contributed by atoms with Crippen molar-refractivity contribution < 1.29 is 0 Å². The lowest BCUT2D eigenvalue weighted by Crippen LogP contribution is -2.48. The highest BCUT2D eigenvalue weighted by atomic mass is 15.3. The SMILES string of the molecule is CC(C)NC(C)N1CCCCC1. The van der Waals surface area contributed by atoms with Gasteiger partial charge in [0.2, 0.25) is 0 Å². The second kappa shape index (κ2) is 4.83. The molecule has 1 N–H and O–H groups in total. The van der Waals surface area contributed by atoms with Crippen LogP contribution in [0, 0.1) is 0 Å². The number of hydrogen-bond acceptors (Lipinski definition) is 2. The fourth-order valence-corrected chi connectivity index (χ4v) is 1.89. The minimum atomic E-state index is 0.560. The first-order valence-corrected chi connectivity index (χ1v) is 5.20. The second-order valence-corrected chi connectivity index (χ2v) is 4.09. The largest absolute Gasteiger partial charge is 0.300 e. The van der Waals surface area contributed by atoms with Crippen LogP contribution in [-0.2, 0) is 0 Å². The lowest BCUT2D eigenvalue weighted by Gasteiger charge is -2.33. The normalized spacial score (nSPS) is 23.0. The number of nitrogens with zero attached hydrogens (tertiary/aromatic N) is 1. The van der Waals surface area contributed by atoms with Gasteiger partial charge in [-0.25, -0.2) is 0 Å². The molecule has 1 aliphatic heterocycles. The van der Waals surface area contributed by atoms with E-state index < -0.39 is 0 Å². The van der Waals surface area contributed by atoms with Crippen molar-refractivity contribution in [2.45, 2.75) is 52.2 Å². The van der Waals surface area contributed by atoms with E-state index in [-0.39, 0.29) is 0 Å². The van der Waals surface area contributed by atoms with Crippen molar-refractivity contribution in [3.8, 4) is 0 Å². The van der Waals surface area contributed by atoms with E-state index in [1.165, 1.54) is 32.4 Å². The van der Waals surface area contributed by atoms with Gasteiger partial charge in [0.15, 0.2) is 0 Å². The first-order chi connectivity index (χ1) is 5.70. The molecule has 0 spiro atoms. The standard InChI is InChI=1S/C10H22N2/c1-9(2)11-10(3)12-7-5-4-6-8-12/h9-11H,4-8H2,1-3H3. The van der Waals surface area contributed by atoms with Crippen LogP contribution < -0.4 is 5.32 Å². The van der Waals surface area contributed by atoms with Gasteiger partial charge in [0.25, 0.3) is 0 Å². The maximum Gasteiger partial charge on any atom is 0.0569 e. The highest BCUT2D eigenvalue weighted by molar-refractivity contribution is 4.70. The summed E-state index contributed by atoms with van der Waals surface area (Å²) >= 11 is 0. The van der Waals surface area contributed by atoms with Crippen molar-refractivity contribution in [2.75, 3.05) is 13.1 Å². The van der Waals surface area contributed by atoms with E-state index in [4.69, 9.17) is 0 Å². The van der Waals surface area contributed by atoms with Gasteiger partial charge < -0.3 is 0 Å². The maximum atomic E-state index is 3.54. The van der Waals surface area contributed by atoms with Crippen LogP contribution in [-0.4, -0.2) is 30.2 Å². The smallest absolute Gasteiger partial charge is 0.0569 e. The number of rotatable bonds is 3. The predicted octanol–water partition coefficient (Wildman–Crippen LogP) is 1.82. The number of hydrogen-bond donors (Lipinski definition) is 1. The Morgan fingerprint density at radius 1 is 1.00 bits per heavy atom. The average Bonchev–Trinajstić information content (AvgIpc) is 2.05. The molecule has 0 amide bonds. The van der Waals surface area contributed by atoms with E-state index in [0.717, 1.165) is 0 Å². The third-order valence-corrected chi connectivity index (χ3v) is 2.51.